The Bertz CT molecular complexity index is 2180. The predicted octanol–water partition coefficient (Wildman–Crippen LogP) is 6.73. The molecule has 290 valence electrons. The molecule has 0 spiro atoms. The van der Waals surface area contributed by atoms with E-state index < -0.39 is 0 Å². The van der Waals surface area contributed by atoms with Crippen LogP contribution < -0.4 is 29.6 Å². The van der Waals surface area contributed by atoms with Crippen LogP contribution in [0.5, 0.6) is 23.0 Å². The summed E-state index contributed by atoms with van der Waals surface area (Å²) < 4.78 is 27.7. The lowest BCUT2D eigenvalue weighted by molar-refractivity contribution is -0.117. The first-order valence-corrected chi connectivity index (χ1v) is 19.0. The first-order chi connectivity index (χ1) is 27.8. The minimum absolute atomic E-state index is 0.126. The van der Waals surface area contributed by atoms with Crippen molar-refractivity contribution in [2.75, 3.05) is 37.3 Å². The second-order valence-electron chi connectivity index (χ2n) is 14.4. The topological polar surface area (TPSA) is 162 Å². The number of likely N-dealkylation sites (tertiary alicyclic amines) is 2. The van der Waals surface area contributed by atoms with Gasteiger partial charge < -0.3 is 43.8 Å². The van der Waals surface area contributed by atoms with Gasteiger partial charge in [0.2, 0.25) is 31.3 Å². The zero-order valence-corrected chi connectivity index (χ0v) is 30.9. The van der Waals surface area contributed by atoms with Crippen molar-refractivity contribution >= 4 is 35.0 Å². The molecule has 1 aromatic heterocycles. The van der Waals surface area contributed by atoms with Crippen LogP contribution in [0.15, 0.2) is 95.5 Å². The van der Waals surface area contributed by atoms with Gasteiger partial charge in [0.05, 0.1) is 6.20 Å². The number of rotatable bonds is 10. The Kier molecular flexibility index (Phi) is 9.66. The highest BCUT2D eigenvalue weighted by atomic mass is 16.7. The lowest BCUT2D eigenvalue weighted by Crippen LogP contribution is -2.37. The van der Waals surface area contributed by atoms with Gasteiger partial charge in [0.15, 0.2) is 28.8 Å². The van der Waals surface area contributed by atoms with Crippen molar-refractivity contribution in [2.24, 2.45) is 0 Å². The number of anilines is 2. The van der Waals surface area contributed by atoms with Gasteiger partial charge in [-0.2, -0.15) is 0 Å². The quantitative estimate of drug-likeness (QED) is 0.156. The lowest BCUT2D eigenvalue weighted by Gasteiger charge is -2.24. The molecule has 0 radical (unpaired) electrons. The third-order valence-corrected chi connectivity index (χ3v) is 10.7. The van der Waals surface area contributed by atoms with Gasteiger partial charge in [0, 0.05) is 71.6 Å². The van der Waals surface area contributed by atoms with Crippen molar-refractivity contribution in [3.05, 3.63) is 102 Å². The van der Waals surface area contributed by atoms with Gasteiger partial charge in [-0.15, -0.1) is 0 Å². The number of aromatic nitrogens is 1. The Balaban J connectivity index is 0.762. The van der Waals surface area contributed by atoms with Gasteiger partial charge in [0.1, 0.15) is 0 Å². The average molecular weight is 770 g/mol. The molecule has 9 rings (SSSR count). The van der Waals surface area contributed by atoms with Gasteiger partial charge in [-0.25, -0.2) is 4.98 Å². The Morgan fingerprint density at radius 2 is 1.07 bits per heavy atom. The van der Waals surface area contributed by atoms with Gasteiger partial charge in [-0.05, 0) is 111 Å². The largest absolute Gasteiger partial charge is 0.454 e. The van der Waals surface area contributed by atoms with Crippen molar-refractivity contribution in [2.45, 2.75) is 50.6 Å². The Hall–Kier alpha value is -6.83. The molecule has 0 aliphatic carbocycles. The van der Waals surface area contributed by atoms with E-state index in [1.165, 1.54) is 0 Å². The molecule has 14 heteroatoms. The van der Waals surface area contributed by atoms with E-state index in [1.54, 1.807) is 76.7 Å². The highest BCUT2D eigenvalue weighted by Gasteiger charge is 2.33. The van der Waals surface area contributed by atoms with Crippen LogP contribution in [0.2, 0.25) is 0 Å². The van der Waals surface area contributed by atoms with Gasteiger partial charge >= 0.3 is 0 Å². The van der Waals surface area contributed by atoms with E-state index in [0.29, 0.717) is 70.2 Å². The number of carbonyl (C=O) groups excluding carboxylic acids is 4. The van der Waals surface area contributed by atoms with Crippen LogP contribution in [0.1, 0.15) is 59.2 Å². The number of ether oxygens (including phenoxy) is 4. The summed E-state index contributed by atoms with van der Waals surface area (Å²) in [6, 6.07) is 24.4. The number of carbonyl (C=O) groups is 4. The van der Waals surface area contributed by atoms with E-state index in [9.17, 15) is 19.2 Å². The van der Waals surface area contributed by atoms with E-state index in [0.717, 1.165) is 36.8 Å². The molecule has 57 heavy (non-hydrogen) atoms. The molecule has 2 atom stereocenters. The molecule has 2 fully saturated rings. The molecule has 14 nitrogen and oxygen atoms in total. The first kappa shape index (κ1) is 35.8. The smallest absolute Gasteiger partial charge is 0.254 e. The van der Waals surface area contributed by atoms with Crippen LogP contribution in [0.4, 0.5) is 11.4 Å². The molecule has 4 aliphatic rings. The van der Waals surface area contributed by atoms with Crippen LogP contribution in [0.25, 0.3) is 22.8 Å². The number of oxazole rings is 1. The number of fused-ring (bicyclic) bond motifs is 2. The number of nitrogens with one attached hydrogen (secondary N) is 2. The predicted molar refractivity (Wildman–Crippen MR) is 207 cm³/mol. The molecule has 2 N–H and O–H groups in total. The minimum Gasteiger partial charge on any atom is -0.454 e. The summed E-state index contributed by atoms with van der Waals surface area (Å²) in [6.07, 6.45) is 5.18. The monoisotopic (exact) mass is 769 g/mol. The molecule has 4 amide bonds. The summed E-state index contributed by atoms with van der Waals surface area (Å²) in [5.41, 5.74) is 3.79. The number of hydrogen-bond acceptors (Lipinski definition) is 10. The van der Waals surface area contributed by atoms with Crippen molar-refractivity contribution in [3.8, 4) is 45.8 Å². The van der Waals surface area contributed by atoms with Crippen LogP contribution in [-0.2, 0) is 9.59 Å². The Labute approximate surface area is 327 Å². The van der Waals surface area contributed by atoms with Crippen LogP contribution >= 0.6 is 0 Å². The lowest BCUT2D eigenvalue weighted by atomic mass is 10.1. The van der Waals surface area contributed by atoms with Gasteiger partial charge in [-0.1, -0.05) is 0 Å². The molecule has 0 unspecified atom stereocenters. The second-order valence-corrected chi connectivity index (χ2v) is 14.4. The average Bonchev–Trinajstić information content (AvgIpc) is 4.08. The molecule has 4 aliphatic heterocycles. The van der Waals surface area contributed by atoms with E-state index in [1.807, 2.05) is 24.3 Å². The zero-order valence-electron chi connectivity index (χ0n) is 30.9. The third-order valence-electron chi connectivity index (χ3n) is 10.7. The van der Waals surface area contributed by atoms with E-state index in [2.05, 4.69) is 15.6 Å². The van der Waals surface area contributed by atoms with Gasteiger partial charge in [0.25, 0.3) is 11.8 Å². The second kappa shape index (κ2) is 15.4. The first-order valence-electron chi connectivity index (χ1n) is 19.0. The van der Waals surface area contributed by atoms with Crippen molar-refractivity contribution < 1.29 is 42.5 Å². The maximum Gasteiger partial charge on any atom is 0.254 e. The highest BCUT2D eigenvalue weighted by Crippen LogP contribution is 2.36. The van der Waals surface area contributed by atoms with Crippen molar-refractivity contribution in [3.63, 3.8) is 0 Å². The molecule has 0 bridgehead atoms. The van der Waals surface area contributed by atoms with Crippen LogP contribution in [0.3, 0.4) is 0 Å². The molecular formula is C43H39N5O9. The standard InChI is InChI=1S/C43H39N5O9/c49-39(21-32-3-1-17-47(32)42(51)28-9-15-34-36(19-28)55-24-53-34)45-30-11-5-26(6-12-30)38-23-44-41(57-38)27-7-13-31(14-8-27)46-40(50)22-33-4-2-18-48(33)43(52)29-10-16-35-37(20-29)56-25-54-35/h5-16,19-20,23,32-33H,1-4,17-18,21-22,24-25H2,(H,45,49)(H,46,50)/t32-,33-/m0/s1. The summed E-state index contributed by atoms with van der Waals surface area (Å²) in [5, 5.41) is 5.91. The maximum atomic E-state index is 13.3. The van der Waals surface area contributed by atoms with Crippen molar-refractivity contribution in [1.29, 1.82) is 0 Å². The highest BCUT2D eigenvalue weighted by molar-refractivity contribution is 5.98. The minimum atomic E-state index is -0.202. The molecular weight excluding hydrogens is 730 g/mol. The summed E-state index contributed by atoms with van der Waals surface area (Å²) >= 11 is 0. The fourth-order valence-electron chi connectivity index (χ4n) is 7.83. The molecule has 5 aromatic rings. The molecule has 2 saturated heterocycles. The van der Waals surface area contributed by atoms with Crippen LogP contribution in [0, 0.1) is 0 Å². The Morgan fingerprint density at radius 1 is 0.596 bits per heavy atom. The zero-order chi connectivity index (χ0) is 38.9. The fourth-order valence-corrected chi connectivity index (χ4v) is 7.83. The Morgan fingerprint density at radius 3 is 1.58 bits per heavy atom. The van der Waals surface area contributed by atoms with Crippen LogP contribution in [-0.4, -0.2) is 77.2 Å². The SMILES string of the molecule is O=C(C[C@@H]1CCCN1C(=O)c1ccc2c(c1)OCO2)Nc1ccc(-c2cnc(-c3ccc(NC(=O)C[C@@H]4CCCN4C(=O)c4ccc5c(c4)OCO5)cc3)o2)cc1. The van der Waals surface area contributed by atoms with Gasteiger partial charge in [-0.3, -0.25) is 19.2 Å². The summed E-state index contributed by atoms with van der Waals surface area (Å²) in [6.45, 7) is 1.46. The summed E-state index contributed by atoms with van der Waals surface area (Å²) in [5.74, 6) is 2.71. The number of amides is 4. The van der Waals surface area contributed by atoms with E-state index in [-0.39, 0.29) is 62.1 Å². The molecule has 5 heterocycles. The maximum absolute atomic E-state index is 13.3. The van der Waals surface area contributed by atoms with E-state index in [4.69, 9.17) is 23.4 Å². The normalized spacial score (nSPS) is 17.8. The molecule has 0 saturated carbocycles. The fraction of sp³-hybridized carbons (Fsp3) is 0.279. The number of benzene rings is 4. The number of hydrogen-bond donors (Lipinski definition) is 2. The van der Waals surface area contributed by atoms with Crippen molar-refractivity contribution in [1.82, 2.24) is 14.8 Å². The van der Waals surface area contributed by atoms with E-state index >= 15 is 0 Å². The summed E-state index contributed by atoms with van der Waals surface area (Å²) in [4.78, 5) is 60.7. The summed E-state index contributed by atoms with van der Waals surface area (Å²) in [7, 11) is 0. The third kappa shape index (κ3) is 7.58. The number of nitrogens with zero attached hydrogens (tertiary/aromatic N) is 3. The molecule has 4 aromatic carbocycles.